The fraction of sp³-hybridized carbons (Fsp3) is 0.0714. The third kappa shape index (κ3) is 3.49. The maximum atomic E-state index is 11.2. The highest BCUT2D eigenvalue weighted by Crippen LogP contribution is 2.27. The number of benzene rings is 2. The Kier molecular flexibility index (Phi) is 4.45. The summed E-state index contributed by atoms with van der Waals surface area (Å²) >= 11 is 9.00. The molecule has 0 atom stereocenters. The van der Waals surface area contributed by atoms with Crippen molar-refractivity contribution in [1.29, 1.82) is 0 Å². The number of rotatable bonds is 4. The lowest BCUT2D eigenvalue weighted by Crippen LogP contribution is -2.04. The Morgan fingerprint density at radius 1 is 1.21 bits per heavy atom. The standard InChI is InChI=1S/C14H10BrClO3/c15-11-2-1-3-12(13(11)14(17)18)19-8-9-4-6-10(16)7-5-9/h1-7H,8H2,(H,17,18). The number of hydrogen-bond acceptors (Lipinski definition) is 2. The lowest BCUT2D eigenvalue weighted by Gasteiger charge is -2.10. The molecule has 2 aromatic rings. The summed E-state index contributed by atoms with van der Waals surface area (Å²) in [4.78, 5) is 11.2. The van der Waals surface area contributed by atoms with Crippen LogP contribution in [0, 0.1) is 0 Å². The first-order chi connectivity index (χ1) is 9.08. The van der Waals surface area contributed by atoms with E-state index < -0.39 is 5.97 Å². The summed E-state index contributed by atoms with van der Waals surface area (Å²) in [5.74, 6) is -0.699. The van der Waals surface area contributed by atoms with Gasteiger partial charge in [-0.25, -0.2) is 4.79 Å². The molecule has 1 N–H and O–H groups in total. The quantitative estimate of drug-likeness (QED) is 0.897. The van der Waals surface area contributed by atoms with Gasteiger partial charge in [0.15, 0.2) is 0 Å². The molecule has 2 rings (SSSR count). The van der Waals surface area contributed by atoms with Gasteiger partial charge in [-0.1, -0.05) is 29.8 Å². The second-order valence-corrected chi connectivity index (χ2v) is 5.12. The normalized spacial score (nSPS) is 10.2. The molecule has 0 saturated heterocycles. The number of aromatic carboxylic acids is 1. The van der Waals surface area contributed by atoms with Crippen LogP contribution in [0.1, 0.15) is 15.9 Å². The molecule has 0 aromatic heterocycles. The van der Waals surface area contributed by atoms with Crippen LogP contribution in [0.4, 0.5) is 0 Å². The topological polar surface area (TPSA) is 46.5 Å². The third-order valence-electron chi connectivity index (χ3n) is 2.50. The van der Waals surface area contributed by atoms with Crippen LogP contribution in [0.25, 0.3) is 0 Å². The number of carboxylic acids is 1. The van der Waals surface area contributed by atoms with Crippen molar-refractivity contribution in [3.05, 3.63) is 63.1 Å². The summed E-state index contributed by atoms with van der Waals surface area (Å²) in [6.45, 7) is 0.286. The van der Waals surface area contributed by atoms with Crippen molar-refractivity contribution in [2.45, 2.75) is 6.61 Å². The lowest BCUT2D eigenvalue weighted by atomic mass is 10.2. The van der Waals surface area contributed by atoms with Gasteiger partial charge in [0, 0.05) is 9.50 Å². The predicted octanol–water partition coefficient (Wildman–Crippen LogP) is 4.38. The fourth-order valence-electron chi connectivity index (χ4n) is 1.57. The highest BCUT2D eigenvalue weighted by molar-refractivity contribution is 9.10. The second-order valence-electron chi connectivity index (χ2n) is 3.83. The van der Waals surface area contributed by atoms with Crippen LogP contribution in [0.3, 0.4) is 0 Å². The number of carboxylic acid groups (broad SMARTS) is 1. The highest BCUT2D eigenvalue weighted by atomic mass is 79.9. The average molecular weight is 342 g/mol. The number of ether oxygens (including phenoxy) is 1. The molecule has 0 radical (unpaired) electrons. The average Bonchev–Trinajstić information content (AvgIpc) is 2.37. The minimum Gasteiger partial charge on any atom is -0.488 e. The summed E-state index contributed by atoms with van der Waals surface area (Å²) in [5.41, 5.74) is 1.04. The van der Waals surface area contributed by atoms with Crippen LogP contribution in [0.15, 0.2) is 46.9 Å². The van der Waals surface area contributed by atoms with Crippen LogP contribution < -0.4 is 4.74 Å². The number of hydrogen-bond donors (Lipinski definition) is 1. The van der Waals surface area contributed by atoms with Crippen molar-refractivity contribution in [2.75, 3.05) is 0 Å². The van der Waals surface area contributed by atoms with Crippen molar-refractivity contribution in [3.63, 3.8) is 0 Å². The van der Waals surface area contributed by atoms with Crippen LogP contribution in [-0.4, -0.2) is 11.1 Å². The van der Waals surface area contributed by atoms with E-state index in [-0.39, 0.29) is 12.2 Å². The van der Waals surface area contributed by atoms with Crippen LogP contribution in [-0.2, 0) is 6.61 Å². The van der Waals surface area contributed by atoms with E-state index in [1.54, 1.807) is 30.3 Å². The zero-order valence-electron chi connectivity index (χ0n) is 9.77. The smallest absolute Gasteiger partial charge is 0.340 e. The Morgan fingerprint density at radius 3 is 2.53 bits per heavy atom. The van der Waals surface area contributed by atoms with Crippen molar-refractivity contribution < 1.29 is 14.6 Å². The van der Waals surface area contributed by atoms with E-state index in [4.69, 9.17) is 21.4 Å². The summed E-state index contributed by atoms with van der Waals surface area (Å²) < 4.78 is 6.05. The zero-order chi connectivity index (χ0) is 13.8. The lowest BCUT2D eigenvalue weighted by molar-refractivity contribution is 0.0690. The molecule has 0 fully saturated rings. The van der Waals surface area contributed by atoms with Crippen LogP contribution in [0.2, 0.25) is 5.02 Å². The van der Waals surface area contributed by atoms with Crippen molar-refractivity contribution in [1.82, 2.24) is 0 Å². The first kappa shape index (κ1) is 13.9. The van der Waals surface area contributed by atoms with Crippen LogP contribution in [0.5, 0.6) is 5.75 Å². The molecule has 0 unspecified atom stereocenters. The monoisotopic (exact) mass is 340 g/mol. The molecule has 2 aromatic carbocycles. The molecule has 0 bridgehead atoms. The van der Waals surface area contributed by atoms with E-state index in [1.165, 1.54) is 0 Å². The van der Waals surface area contributed by atoms with Gasteiger partial charge in [-0.05, 0) is 45.8 Å². The molecule has 0 heterocycles. The summed E-state index contributed by atoms with van der Waals surface area (Å²) in [5, 5.41) is 9.80. The molecule has 0 aliphatic carbocycles. The minimum absolute atomic E-state index is 0.122. The van der Waals surface area contributed by atoms with E-state index >= 15 is 0 Å². The highest BCUT2D eigenvalue weighted by Gasteiger charge is 2.15. The molecule has 5 heteroatoms. The zero-order valence-corrected chi connectivity index (χ0v) is 12.1. The van der Waals surface area contributed by atoms with Gasteiger partial charge in [0.05, 0.1) is 0 Å². The Morgan fingerprint density at radius 2 is 1.89 bits per heavy atom. The Hall–Kier alpha value is -1.52. The van der Waals surface area contributed by atoms with E-state index in [0.29, 0.717) is 15.2 Å². The van der Waals surface area contributed by atoms with E-state index in [1.807, 2.05) is 12.1 Å². The van der Waals surface area contributed by atoms with E-state index in [0.717, 1.165) is 5.56 Å². The second kappa shape index (κ2) is 6.08. The van der Waals surface area contributed by atoms with Crippen molar-refractivity contribution >= 4 is 33.5 Å². The SMILES string of the molecule is O=C(O)c1c(Br)cccc1OCc1ccc(Cl)cc1. The van der Waals surface area contributed by atoms with Gasteiger partial charge < -0.3 is 9.84 Å². The largest absolute Gasteiger partial charge is 0.488 e. The summed E-state index contributed by atoms with van der Waals surface area (Å²) in [6, 6.07) is 12.2. The van der Waals surface area contributed by atoms with E-state index in [2.05, 4.69) is 15.9 Å². The van der Waals surface area contributed by atoms with Gasteiger partial charge in [0.2, 0.25) is 0 Å². The maximum Gasteiger partial charge on any atom is 0.340 e. The molecule has 0 aliphatic heterocycles. The molecule has 0 spiro atoms. The Bertz CT molecular complexity index is 596. The molecule has 98 valence electrons. The molecule has 0 saturated carbocycles. The summed E-state index contributed by atoms with van der Waals surface area (Å²) in [7, 11) is 0. The Labute approximate surface area is 123 Å². The first-order valence-corrected chi connectivity index (χ1v) is 6.64. The molecule has 19 heavy (non-hydrogen) atoms. The van der Waals surface area contributed by atoms with Gasteiger partial charge in [0.25, 0.3) is 0 Å². The van der Waals surface area contributed by atoms with Gasteiger partial charge in [0.1, 0.15) is 17.9 Å². The van der Waals surface area contributed by atoms with Crippen LogP contribution >= 0.6 is 27.5 Å². The van der Waals surface area contributed by atoms with Gasteiger partial charge in [-0.15, -0.1) is 0 Å². The minimum atomic E-state index is -1.03. The molecule has 0 amide bonds. The molecular formula is C14H10BrClO3. The predicted molar refractivity (Wildman–Crippen MR) is 76.9 cm³/mol. The van der Waals surface area contributed by atoms with Gasteiger partial charge in [-0.2, -0.15) is 0 Å². The summed E-state index contributed by atoms with van der Waals surface area (Å²) in [6.07, 6.45) is 0. The van der Waals surface area contributed by atoms with Crippen molar-refractivity contribution in [2.24, 2.45) is 0 Å². The molecule has 0 aliphatic rings. The van der Waals surface area contributed by atoms with Gasteiger partial charge >= 0.3 is 5.97 Å². The maximum absolute atomic E-state index is 11.2. The Balaban J connectivity index is 2.18. The fourth-order valence-corrected chi connectivity index (χ4v) is 2.22. The molecule has 3 nitrogen and oxygen atoms in total. The molecular weight excluding hydrogens is 332 g/mol. The van der Waals surface area contributed by atoms with Crippen molar-refractivity contribution in [3.8, 4) is 5.75 Å². The number of carbonyl (C=O) groups is 1. The third-order valence-corrected chi connectivity index (χ3v) is 3.41. The number of halogens is 2. The van der Waals surface area contributed by atoms with Gasteiger partial charge in [-0.3, -0.25) is 0 Å². The first-order valence-electron chi connectivity index (χ1n) is 5.47. The van der Waals surface area contributed by atoms with E-state index in [9.17, 15) is 4.79 Å².